The molecule has 0 spiro atoms. The van der Waals surface area contributed by atoms with E-state index in [-0.39, 0.29) is 36.5 Å². The number of anilines is 1. The van der Waals surface area contributed by atoms with E-state index in [1.807, 2.05) is 0 Å². The molecular formula is C13H17N2NaO5. The van der Waals surface area contributed by atoms with Crippen molar-refractivity contribution in [3.8, 4) is 0 Å². The van der Waals surface area contributed by atoms with Crippen molar-refractivity contribution in [1.82, 2.24) is 0 Å². The van der Waals surface area contributed by atoms with Gasteiger partial charge in [0.15, 0.2) is 5.71 Å². The fourth-order valence-electron chi connectivity index (χ4n) is 1.36. The van der Waals surface area contributed by atoms with E-state index in [1.165, 1.54) is 24.3 Å². The van der Waals surface area contributed by atoms with Gasteiger partial charge >= 0.3 is 41.6 Å². The zero-order chi connectivity index (χ0) is 15.3. The molecule has 7 nitrogen and oxygen atoms in total. The predicted molar refractivity (Wildman–Crippen MR) is 73.4 cm³/mol. The number of carboxylic acids is 1. The summed E-state index contributed by atoms with van der Waals surface area (Å²) in [7, 11) is 0. The molecule has 0 saturated carbocycles. The molecule has 0 unspecified atom stereocenters. The number of benzene rings is 1. The first-order valence-corrected chi connectivity index (χ1v) is 5.79. The van der Waals surface area contributed by atoms with Crippen LogP contribution < -0.4 is 34.9 Å². The second-order valence-electron chi connectivity index (χ2n) is 4.96. The molecule has 21 heavy (non-hydrogen) atoms. The van der Waals surface area contributed by atoms with Gasteiger partial charge in [-0.3, -0.25) is 5.32 Å². The van der Waals surface area contributed by atoms with Gasteiger partial charge in [-0.15, -0.1) is 0 Å². The van der Waals surface area contributed by atoms with E-state index in [0.717, 1.165) is 0 Å². The largest absolute Gasteiger partial charge is 1.00 e. The molecule has 0 fully saturated rings. The quantitative estimate of drug-likeness (QED) is 0.299. The number of rotatable bonds is 3. The molecule has 0 aliphatic heterocycles. The zero-order valence-corrected chi connectivity index (χ0v) is 14.4. The van der Waals surface area contributed by atoms with E-state index in [2.05, 4.69) is 10.5 Å². The zero-order valence-electron chi connectivity index (χ0n) is 13.4. The molecule has 0 bridgehead atoms. The van der Waals surface area contributed by atoms with Gasteiger partial charge in [-0.1, -0.05) is 17.3 Å². The van der Waals surface area contributed by atoms with Crippen molar-refractivity contribution < 1.29 is 55.6 Å². The number of hydrogen-bond acceptors (Lipinski definition) is 5. The summed E-state index contributed by atoms with van der Waals surface area (Å²) in [6, 6.07) is 5.78. The van der Waals surface area contributed by atoms with E-state index in [0.29, 0.717) is 5.69 Å². The minimum atomic E-state index is -1.35. The topological polar surface area (TPSA) is 108 Å². The molecule has 8 heteroatoms. The van der Waals surface area contributed by atoms with Crippen LogP contribution >= 0.6 is 0 Å². The first-order chi connectivity index (χ1) is 9.23. The van der Waals surface area contributed by atoms with Gasteiger partial charge in [-0.2, -0.15) is 0 Å². The molecule has 0 heterocycles. The second kappa shape index (κ2) is 8.02. The second-order valence-corrected chi connectivity index (χ2v) is 4.96. The molecule has 0 atom stereocenters. The molecule has 1 aromatic rings. The first-order valence-electron chi connectivity index (χ1n) is 5.79. The van der Waals surface area contributed by atoms with Crippen LogP contribution in [0.3, 0.4) is 0 Å². The monoisotopic (exact) mass is 304 g/mol. The molecule has 0 aliphatic rings. The Morgan fingerprint density at radius 2 is 1.76 bits per heavy atom. The van der Waals surface area contributed by atoms with Crippen LogP contribution in [0, 0.1) is 0 Å². The van der Waals surface area contributed by atoms with Crippen molar-refractivity contribution in [2.45, 2.75) is 26.4 Å². The number of ether oxygens (including phenoxy) is 1. The molecule has 0 aromatic heterocycles. The fraction of sp³-hybridized carbons (Fsp3) is 0.308. The van der Waals surface area contributed by atoms with Crippen LogP contribution in [0.2, 0.25) is 0 Å². The number of nitrogens with one attached hydrogen (secondary N) is 1. The van der Waals surface area contributed by atoms with Crippen LogP contribution in [0.1, 0.15) is 27.8 Å². The minimum absolute atomic E-state index is 0. The van der Waals surface area contributed by atoms with Gasteiger partial charge in [0, 0.05) is 11.3 Å². The van der Waals surface area contributed by atoms with Crippen LogP contribution in [-0.2, 0) is 9.53 Å². The molecule has 0 saturated heterocycles. The van der Waals surface area contributed by atoms with Crippen molar-refractivity contribution in [3.05, 3.63) is 29.8 Å². The standard InChI is InChI=1S/C13H16N2O5.Na.H/c1-13(2,3)20-12(18)14-9-6-4-8(5-7-9)10(15-19)11(16)17;;/h4-7,19H,1-3H3,(H,14,18)(H,16,17);;/q;+1;-1/b15-10-;;. The van der Waals surface area contributed by atoms with Crippen LogP contribution in [-0.4, -0.2) is 33.7 Å². The van der Waals surface area contributed by atoms with E-state index in [4.69, 9.17) is 15.1 Å². The Morgan fingerprint density at radius 3 is 2.14 bits per heavy atom. The normalized spacial score (nSPS) is 11.3. The van der Waals surface area contributed by atoms with Crippen molar-refractivity contribution in [2.24, 2.45) is 5.16 Å². The molecule has 3 N–H and O–H groups in total. The Labute approximate surface area is 145 Å². The van der Waals surface area contributed by atoms with Crippen molar-refractivity contribution in [1.29, 1.82) is 0 Å². The number of amides is 1. The van der Waals surface area contributed by atoms with Gasteiger partial charge in [-0.25, -0.2) is 9.59 Å². The van der Waals surface area contributed by atoms with Crippen LogP contribution in [0.4, 0.5) is 10.5 Å². The average Bonchev–Trinajstić information content (AvgIpc) is 2.29. The number of carbonyl (C=O) groups excluding carboxylic acids is 1. The number of hydrogen-bond donors (Lipinski definition) is 3. The molecule has 110 valence electrons. The van der Waals surface area contributed by atoms with E-state index < -0.39 is 23.4 Å². The maximum Gasteiger partial charge on any atom is 1.00 e. The van der Waals surface area contributed by atoms with Gasteiger partial charge in [0.2, 0.25) is 0 Å². The summed E-state index contributed by atoms with van der Waals surface area (Å²) < 4.78 is 5.07. The summed E-state index contributed by atoms with van der Waals surface area (Å²) in [5, 5.41) is 22.6. The van der Waals surface area contributed by atoms with Crippen LogP contribution in [0.25, 0.3) is 0 Å². The minimum Gasteiger partial charge on any atom is -1.00 e. The number of nitrogens with zero attached hydrogens (tertiary/aromatic N) is 1. The maximum atomic E-state index is 11.5. The number of carboxylic acid groups (broad SMARTS) is 1. The third kappa shape index (κ3) is 6.61. The van der Waals surface area contributed by atoms with Crippen molar-refractivity contribution >= 4 is 23.5 Å². The molecule has 1 aromatic carbocycles. The van der Waals surface area contributed by atoms with Gasteiger partial charge in [-0.05, 0) is 32.9 Å². The van der Waals surface area contributed by atoms with Gasteiger partial charge < -0.3 is 16.5 Å². The Bertz CT molecular complexity index is 540. The SMILES string of the molecule is CC(C)(C)OC(=O)Nc1ccc(/C(=N/O)C(=O)O)cc1.[H-].[Na+]. The summed E-state index contributed by atoms with van der Waals surface area (Å²) in [6.45, 7) is 5.23. The predicted octanol–water partition coefficient (Wildman–Crippen LogP) is -0.587. The molecule has 1 rings (SSSR count). The van der Waals surface area contributed by atoms with E-state index in [1.54, 1.807) is 20.8 Å². The maximum absolute atomic E-state index is 11.5. The number of aliphatic carboxylic acids is 1. The van der Waals surface area contributed by atoms with Crippen molar-refractivity contribution in [2.75, 3.05) is 5.32 Å². The van der Waals surface area contributed by atoms with Crippen molar-refractivity contribution in [3.63, 3.8) is 0 Å². The fourth-order valence-corrected chi connectivity index (χ4v) is 1.36. The van der Waals surface area contributed by atoms with Gasteiger partial charge in [0.1, 0.15) is 5.60 Å². The van der Waals surface area contributed by atoms with Gasteiger partial charge in [0.25, 0.3) is 0 Å². The Balaban J connectivity index is 0. The molecule has 1 amide bonds. The molecule has 0 radical (unpaired) electrons. The summed E-state index contributed by atoms with van der Waals surface area (Å²) in [5.74, 6) is -1.35. The van der Waals surface area contributed by atoms with E-state index >= 15 is 0 Å². The third-order valence-corrected chi connectivity index (χ3v) is 2.11. The van der Waals surface area contributed by atoms with Crippen LogP contribution in [0.15, 0.2) is 29.4 Å². The summed E-state index contributed by atoms with van der Waals surface area (Å²) >= 11 is 0. The first kappa shape index (κ1) is 19.4. The Morgan fingerprint density at radius 1 is 1.24 bits per heavy atom. The smallest absolute Gasteiger partial charge is 1.00 e. The third-order valence-electron chi connectivity index (χ3n) is 2.11. The summed E-state index contributed by atoms with van der Waals surface area (Å²) in [4.78, 5) is 22.3. The molecule has 0 aliphatic carbocycles. The van der Waals surface area contributed by atoms with Crippen LogP contribution in [0.5, 0.6) is 0 Å². The summed E-state index contributed by atoms with van der Waals surface area (Å²) in [5.41, 5.74) is -0.432. The number of carbonyl (C=O) groups is 2. The van der Waals surface area contributed by atoms with Gasteiger partial charge in [0.05, 0.1) is 0 Å². The van der Waals surface area contributed by atoms with E-state index in [9.17, 15) is 9.59 Å². The number of oxime groups is 1. The molecular weight excluding hydrogens is 287 g/mol. The average molecular weight is 304 g/mol. The Kier molecular flexibility index (Phi) is 7.42. The summed E-state index contributed by atoms with van der Waals surface area (Å²) in [6.07, 6.45) is -0.612. The Hall–Kier alpha value is -1.57.